The normalized spacial score (nSPS) is 16.8. The Labute approximate surface area is 210 Å². The van der Waals surface area contributed by atoms with Crippen molar-refractivity contribution in [2.24, 2.45) is 0 Å². The second kappa shape index (κ2) is 9.55. The number of thioether (sulfide) groups is 1. The molecule has 4 aromatic rings. The van der Waals surface area contributed by atoms with Crippen LogP contribution in [0.2, 0.25) is 5.02 Å². The van der Waals surface area contributed by atoms with Crippen molar-refractivity contribution in [3.63, 3.8) is 0 Å². The lowest BCUT2D eigenvalue weighted by Gasteiger charge is -2.31. The molecule has 180 valence electrons. The third-order valence-electron chi connectivity index (χ3n) is 5.60. The van der Waals surface area contributed by atoms with Crippen molar-refractivity contribution in [2.75, 3.05) is 26.8 Å². The third-order valence-corrected chi connectivity index (χ3v) is 7.06. The molecular weight excluding hydrogens is 492 g/mol. The molecule has 5 rings (SSSR count). The fourth-order valence-corrected chi connectivity index (χ4v) is 5.17. The molecule has 1 N–H and O–H groups in total. The van der Waals surface area contributed by atoms with Crippen LogP contribution in [0, 0.1) is 0 Å². The minimum atomic E-state index is -0.549. The van der Waals surface area contributed by atoms with Gasteiger partial charge in [0.1, 0.15) is 17.1 Å². The van der Waals surface area contributed by atoms with Crippen LogP contribution in [-0.4, -0.2) is 47.2 Å². The number of ketones is 1. The molecule has 2 aromatic carbocycles. The maximum Gasteiger partial charge on any atom is 0.211 e. The molecule has 1 aliphatic rings. The van der Waals surface area contributed by atoms with Gasteiger partial charge in [-0.15, -0.1) is 10.2 Å². The lowest BCUT2D eigenvalue weighted by molar-refractivity contribution is 0.0977. The Hall–Kier alpha value is -3.63. The standard InChI is InChI=1S/C24H21ClN4O5S/c1-31-17-11-14(12-18(32-2)21(17)33-3)23-26-27-24-29(23)28-19(16-5-4-10-34-16)22(35-24)20(30)13-6-8-15(25)9-7-13/h4-12,19,22,28H,1-3H3. The molecule has 35 heavy (non-hydrogen) atoms. The number of ether oxygens (including phenoxy) is 3. The summed E-state index contributed by atoms with van der Waals surface area (Å²) in [6, 6.07) is 13.5. The molecule has 0 bridgehead atoms. The minimum absolute atomic E-state index is 0.0795. The molecule has 11 heteroatoms. The van der Waals surface area contributed by atoms with Crippen molar-refractivity contribution in [3.05, 3.63) is 71.1 Å². The maximum atomic E-state index is 13.5. The second-order valence-electron chi connectivity index (χ2n) is 7.59. The van der Waals surface area contributed by atoms with Crippen molar-refractivity contribution in [1.29, 1.82) is 0 Å². The van der Waals surface area contributed by atoms with E-state index in [1.807, 2.05) is 6.07 Å². The summed E-state index contributed by atoms with van der Waals surface area (Å²) in [7, 11) is 4.64. The quantitative estimate of drug-likeness (QED) is 0.348. The minimum Gasteiger partial charge on any atom is -0.493 e. The van der Waals surface area contributed by atoms with Crippen LogP contribution in [0.15, 0.2) is 64.4 Å². The van der Waals surface area contributed by atoms with E-state index in [1.165, 1.54) is 11.8 Å². The summed E-state index contributed by atoms with van der Waals surface area (Å²) in [5, 5.41) is 9.27. The molecule has 0 saturated carbocycles. The zero-order valence-corrected chi connectivity index (χ0v) is 20.6. The van der Waals surface area contributed by atoms with Crippen LogP contribution in [0.3, 0.4) is 0 Å². The molecule has 0 aliphatic carbocycles. The van der Waals surface area contributed by atoms with Crippen molar-refractivity contribution in [3.8, 4) is 28.6 Å². The highest BCUT2D eigenvalue weighted by atomic mass is 35.5. The molecule has 0 saturated heterocycles. The fraction of sp³-hybridized carbons (Fsp3) is 0.208. The number of hydrogen-bond acceptors (Lipinski definition) is 9. The zero-order chi connectivity index (χ0) is 24.5. The van der Waals surface area contributed by atoms with E-state index >= 15 is 0 Å². The van der Waals surface area contributed by atoms with E-state index in [-0.39, 0.29) is 5.78 Å². The number of Topliss-reactive ketones (excluding diaryl/α,β-unsaturated/α-hetero) is 1. The number of carbonyl (C=O) groups is 1. The predicted molar refractivity (Wildman–Crippen MR) is 131 cm³/mol. The van der Waals surface area contributed by atoms with E-state index in [4.69, 9.17) is 30.2 Å². The molecule has 0 amide bonds. The van der Waals surface area contributed by atoms with Gasteiger partial charge in [-0.25, -0.2) is 4.68 Å². The van der Waals surface area contributed by atoms with Gasteiger partial charge in [-0.1, -0.05) is 23.4 Å². The van der Waals surface area contributed by atoms with Crippen LogP contribution in [0.1, 0.15) is 22.2 Å². The molecule has 2 unspecified atom stereocenters. The topological polar surface area (TPSA) is 101 Å². The molecular formula is C24H21ClN4O5S. The van der Waals surface area contributed by atoms with Crippen LogP contribution in [0.4, 0.5) is 0 Å². The van der Waals surface area contributed by atoms with Crippen LogP contribution >= 0.6 is 23.4 Å². The summed E-state index contributed by atoms with van der Waals surface area (Å²) in [6.45, 7) is 0. The molecule has 2 aromatic heterocycles. The van der Waals surface area contributed by atoms with Gasteiger partial charge in [-0.05, 0) is 48.5 Å². The van der Waals surface area contributed by atoms with E-state index in [0.29, 0.717) is 50.1 Å². The maximum absolute atomic E-state index is 13.5. The average Bonchev–Trinajstić information content (AvgIpc) is 3.57. The smallest absolute Gasteiger partial charge is 0.211 e. The number of methoxy groups -OCH3 is 3. The molecule has 0 spiro atoms. The van der Waals surface area contributed by atoms with Gasteiger partial charge < -0.3 is 24.1 Å². The first-order chi connectivity index (χ1) is 17.0. The number of nitrogens with zero attached hydrogens (tertiary/aromatic N) is 3. The van der Waals surface area contributed by atoms with Crippen LogP contribution in [0.25, 0.3) is 11.4 Å². The van der Waals surface area contributed by atoms with Crippen LogP contribution < -0.4 is 19.6 Å². The molecule has 1 aliphatic heterocycles. The zero-order valence-electron chi connectivity index (χ0n) is 19.0. The highest BCUT2D eigenvalue weighted by Crippen LogP contribution is 2.43. The highest BCUT2D eigenvalue weighted by Gasteiger charge is 2.39. The molecule has 3 heterocycles. The molecule has 9 nitrogen and oxygen atoms in total. The van der Waals surface area contributed by atoms with Gasteiger partial charge >= 0.3 is 0 Å². The average molecular weight is 513 g/mol. The summed E-state index contributed by atoms with van der Waals surface area (Å²) in [4.78, 5) is 13.5. The Balaban J connectivity index is 1.57. The fourth-order valence-electron chi connectivity index (χ4n) is 3.91. The first-order valence-corrected chi connectivity index (χ1v) is 11.8. The number of rotatable bonds is 7. The summed E-state index contributed by atoms with van der Waals surface area (Å²) in [5.74, 6) is 2.49. The number of aromatic nitrogens is 3. The first-order valence-electron chi connectivity index (χ1n) is 10.6. The Morgan fingerprint density at radius 2 is 1.77 bits per heavy atom. The van der Waals surface area contributed by atoms with Gasteiger partial charge in [0, 0.05) is 16.1 Å². The number of hydrogen-bond donors (Lipinski definition) is 1. The van der Waals surface area contributed by atoms with E-state index in [1.54, 1.807) is 74.7 Å². The number of nitrogens with one attached hydrogen (secondary N) is 1. The van der Waals surface area contributed by atoms with Crippen LogP contribution in [0.5, 0.6) is 17.2 Å². The number of carbonyl (C=O) groups excluding carboxylic acids is 1. The predicted octanol–water partition coefficient (Wildman–Crippen LogP) is 4.86. The monoisotopic (exact) mass is 512 g/mol. The molecule has 0 radical (unpaired) electrons. The van der Waals surface area contributed by atoms with E-state index < -0.39 is 11.3 Å². The second-order valence-corrected chi connectivity index (χ2v) is 9.13. The molecule has 2 atom stereocenters. The lowest BCUT2D eigenvalue weighted by Crippen LogP contribution is -2.38. The van der Waals surface area contributed by atoms with Crippen molar-refractivity contribution in [2.45, 2.75) is 16.4 Å². The van der Waals surface area contributed by atoms with Gasteiger partial charge in [0.2, 0.25) is 10.9 Å². The van der Waals surface area contributed by atoms with Gasteiger partial charge in [0.15, 0.2) is 23.1 Å². The van der Waals surface area contributed by atoms with Gasteiger partial charge in [0.25, 0.3) is 0 Å². The summed E-state index contributed by atoms with van der Waals surface area (Å²) in [6.07, 6.45) is 1.58. The molecule has 0 fully saturated rings. The Bertz CT molecular complexity index is 1330. The van der Waals surface area contributed by atoms with E-state index in [0.717, 1.165) is 0 Å². The van der Waals surface area contributed by atoms with Crippen molar-refractivity contribution in [1.82, 2.24) is 14.9 Å². The summed E-state index contributed by atoms with van der Waals surface area (Å²) in [5.41, 5.74) is 4.61. The summed E-state index contributed by atoms with van der Waals surface area (Å²) >= 11 is 7.32. The SMILES string of the molecule is COc1cc(-c2nnc3n2NC(c2ccco2)C(C(=O)c2ccc(Cl)cc2)S3)cc(OC)c1OC. The number of halogens is 1. The van der Waals surface area contributed by atoms with Crippen LogP contribution in [-0.2, 0) is 0 Å². The summed E-state index contributed by atoms with van der Waals surface area (Å²) < 4.78 is 23.8. The first kappa shape index (κ1) is 23.1. The van der Waals surface area contributed by atoms with Gasteiger partial charge in [-0.3, -0.25) is 4.79 Å². The van der Waals surface area contributed by atoms with E-state index in [9.17, 15) is 4.79 Å². The number of benzene rings is 2. The largest absolute Gasteiger partial charge is 0.493 e. The van der Waals surface area contributed by atoms with Crippen molar-refractivity contribution >= 4 is 29.1 Å². The Kier molecular flexibility index (Phi) is 6.31. The van der Waals surface area contributed by atoms with E-state index in [2.05, 4.69) is 15.6 Å². The van der Waals surface area contributed by atoms with Gasteiger partial charge in [-0.2, -0.15) is 0 Å². The van der Waals surface area contributed by atoms with Gasteiger partial charge in [0.05, 0.1) is 27.6 Å². The highest BCUT2D eigenvalue weighted by molar-refractivity contribution is 8.00. The van der Waals surface area contributed by atoms with Crippen molar-refractivity contribution < 1.29 is 23.4 Å². The third kappa shape index (κ3) is 4.19. The number of fused-ring (bicyclic) bond motifs is 1. The Morgan fingerprint density at radius 3 is 2.37 bits per heavy atom. The lowest BCUT2D eigenvalue weighted by atomic mass is 10.0. The number of furan rings is 1. The Morgan fingerprint density at radius 1 is 1.06 bits per heavy atom.